The van der Waals surface area contributed by atoms with Crippen LogP contribution in [0.15, 0.2) is 36.5 Å². The number of pyridine rings is 1. The van der Waals surface area contributed by atoms with Gasteiger partial charge in [-0.05, 0) is 42.7 Å². The maximum absolute atomic E-state index is 12.2. The molecule has 1 saturated carbocycles. The average Bonchev–Trinajstić information content (AvgIpc) is 3.26. The fourth-order valence-electron chi connectivity index (χ4n) is 3.46. The minimum absolute atomic E-state index is 0.271. The molecule has 0 atom stereocenters. The predicted molar refractivity (Wildman–Crippen MR) is 103 cm³/mol. The molecule has 1 spiro atoms. The molecule has 2 aliphatic rings. The standard InChI is InChI=1S/C20H24N4O3/c1-24(2)18-11-14(7-10-21-18)13-22-19(25)23-15-5-6-16-17(12-15)27-20(26-16)8-3-4-9-20/h5-7,10-12H,3-4,8-9,13H2,1-2H3,(H2,22,23,25). The number of nitrogens with zero attached hydrogens (tertiary/aromatic N) is 2. The van der Waals surface area contributed by atoms with Crippen LogP contribution in [0.1, 0.15) is 31.2 Å². The van der Waals surface area contributed by atoms with Crippen molar-refractivity contribution in [2.45, 2.75) is 38.0 Å². The van der Waals surface area contributed by atoms with Gasteiger partial charge in [-0.2, -0.15) is 0 Å². The Bertz CT molecular complexity index is 847. The molecule has 1 aliphatic carbocycles. The second kappa shape index (κ2) is 6.98. The number of hydrogen-bond donors (Lipinski definition) is 2. The molecule has 27 heavy (non-hydrogen) atoms. The highest BCUT2D eigenvalue weighted by Gasteiger charge is 2.44. The highest BCUT2D eigenvalue weighted by atomic mass is 16.7. The summed E-state index contributed by atoms with van der Waals surface area (Å²) in [5.41, 5.74) is 1.66. The van der Waals surface area contributed by atoms with E-state index in [1.807, 2.05) is 49.3 Å². The summed E-state index contributed by atoms with van der Waals surface area (Å²) < 4.78 is 12.0. The Labute approximate surface area is 158 Å². The summed E-state index contributed by atoms with van der Waals surface area (Å²) in [6, 6.07) is 9.05. The van der Waals surface area contributed by atoms with Crippen LogP contribution in [-0.4, -0.2) is 30.9 Å². The first-order chi connectivity index (χ1) is 13.0. The van der Waals surface area contributed by atoms with Gasteiger partial charge in [-0.1, -0.05) is 0 Å². The van der Waals surface area contributed by atoms with Gasteiger partial charge in [0.15, 0.2) is 11.5 Å². The SMILES string of the molecule is CN(C)c1cc(CNC(=O)Nc2ccc3c(c2)OC2(CCCC2)O3)ccn1. The summed E-state index contributed by atoms with van der Waals surface area (Å²) >= 11 is 0. The Kier molecular flexibility index (Phi) is 4.51. The minimum Gasteiger partial charge on any atom is -0.448 e. The Morgan fingerprint density at radius 1 is 1.15 bits per heavy atom. The normalized spacial score (nSPS) is 16.4. The van der Waals surface area contributed by atoms with Crippen molar-refractivity contribution in [3.63, 3.8) is 0 Å². The van der Waals surface area contributed by atoms with Crippen LogP contribution < -0.4 is 25.0 Å². The molecule has 2 heterocycles. The van der Waals surface area contributed by atoms with Crippen LogP contribution in [-0.2, 0) is 6.54 Å². The van der Waals surface area contributed by atoms with Gasteiger partial charge in [0.2, 0.25) is 0 Å². The van der Waals surface area contributed by atoms with Gasteiger partial charge in [-0.15, -0.1) is 0 Å². The van der Waals surface area contributed by atoms with Crippen LogP contribution >= 0.6 is 0 Å². The lowest BCUT2D eigenvalue weighted by Crippen LogP contribution is -2.34. The Morgan fingerprint density at radius 2 is 1.93 bits per heavy atom. The summed E-state index contributed by atoms with van der Waals surface area (Å²) in [5.74, 6) is 1.80. The smallest absolute Gasteiger partial charge is 0.319 e. The van der Waals surface area contributed by atoms with Gasteiger partial charge in [0, 0.05) is 51.4 Å². The lowest BCUT2D eigenvalue weighted by Gasteiger charge is -2.21. The number of rotatable bonds is 4. The van der Waals surface area contributed by atoms with Gasteiger partial charge >= 0.3 is 6.03 Å². The summed E-state index contributed by atoms with van der Waals surface area (Å²) in [7, 11) is 3.86. The van der Waals surface area contributed by atoms with Crippen molar-refractivity contribution < 1.29 is 14.3 Å². The third kappa shape index (κ3) is 3.77. The number of carbonyl (C=O) groups is 1. The first kappa shape index (κ1) is 17.5. The summed E-state index contributed by atoms with van der Waals surface area (Å²) in [4.78, 5) is 18.4. The van der Waals surface area contributed by atoms with Gasteiger partial charge in [0.25, 0.3) is 5.79 Å². The van der Waals surface area contributed by atoms with E-state index >= 15 is 0 Å². The number of carbonyl (C=O) groups excluding carboxylic acids is 1. The molecule has 0 bridgehead atoms. The zero-order valence-electron chi connectivity index (χ0n) is 15.6. The maximum atomic E-state index is 12.2. The number of aromatic nitrogens is 1. The molecule has 7 heteroatoms. The van der Waals surface area contributed by atoms with E-state index in [0.29, 0.717) is 18.0 Å². The number of anilines is 2. The molecule has 4 rings (SSSR count). The molecule has 1 aliphatic heterocycles. The van der Waals surface area contributed by atoms with E-state index in [-0.39, 0.29) is 6.03 Å². The molecule has 1 fully saturated rings. The first-order valence-corrected chi connectivity index (χ1v) is 9.22. The molecule has 142 valence electrons. The Morgan fingerprint density at radius 3 is 2.70 bits per heavy atom. The van der Waals surface area contributed by atoms with Gasteiger partial charge in [-0.25, -0.2) is 9.78 Å². The number of amides is 2. The number of nitrogens with one attached hydrogen (secondary N) is 2. The zero-order valence-corrected chi connectivity index (χ0v) is 15.6. The highest BCUT2D eigenvalue weighted by Crippen LogP contribution is 2.47. The fourth-order valence-corrected chi connectivity index (χ4v) is 3.46. The van der Waals surface area contributed by atoms with E-state index < -0.39 is 5.79 Å². The van der Waals surface area contributed by atoms with Crippen LogP contribution in [0.4, 0.5) is 16.3 Å². The molecule has 2 amide bonds. The Balaban J connectivity index is 1.35. The molecular formula is C20H24N4O3. The lowest BCUT2D eigenvalue weighted by atomic mass is 10.2. The number of ether oxygens (including phenoxy) is 2. The van der Waals surface area contributed by atoms with Crippen molar-refractivity contribution in [2.75, 3.05) is 24.3 Å². The molecular weight excluding hydrogens is 344 g/mol. The van der Waals surface area contributed by atoms with Gasteiger partial charge < -0.3 is 25.0 Å². The second-order valence-electron chi connectivity index (χ2n) is 7.21. The third-order valence-electron chi connectivity index (χ3n) is 4.88. The van der Waals surface area contributed by atoms with Crippen LogP contribution in [0, 0.1) is 0 Å². The third-order valence-corrected chi connectivity index (χ3v) is 4.88. The van der Waals surface area contributed by atoms with Crippen LogP contribution in [0.2, 0.25) is 0 Å². The van der Waals surface area contributed by atoms with Crippen LogP contribution in [0.25, 0.3) is 0 Å². The molecule has 7 nitrogen and oxygen atoms in total. The molecule has 0 radical (unpaired) electrons. The molecule has 1 aromatic heterocycles. The largest absolute Gasteiger partial charge is 0.448 e. The van der Waals surface area contributed by atoms with Crippen molar-refractivity contribution in [3.8, 4) is 11.5 Å². The first-order valence-electron chi connectivity index (χ1n) is 9.22. The lowest BCUT2D eigenvalue weighted by molar-refractivity contribution is -0.0716. The molecule has 0 unspecified atom stereocenters. The van der Waals surface area contributed by atoms with Crippen molar-refractivity contribution in [3.05, 3.63) is 42.1 Å². The average molecular weight is 368 g/mol. The quantitative estimate of drug-likeness (QED) is 0.864. The molecule has 2 aromatic rings. The van der Waals surface area contributed by atoms with Gasteiger partial charge in [0.1, 0.15) is 5.82 Å². The van der Waals surface area contributed by atoms with Crippen molar-refractivity contribution >= 4 is 17.5 Å². The zero-order chi connectivity index (χ0) is 18.9. The molecule has 0 saturated heterocycles. The van der Waals surface area contributed by atoms with E-state index in [4.69, 9.17) is 9.47 Å². The van der Waals surface area contributed by atoms with Crippen molar-refractivity contribution in [1.82, 2.24) is 10.3 Å². The number of hydrogen-bond acceptors (Lipinski definition) is 5. The summed E-state index contributed by atoms with van der Waals surface area (Å²) in [6.45, 7) is 0.420. The maximum Gasteiger partial charge on any atom is 0.319 e. The number of benzene rings is 1. The number of urea groups is 1. The van der Waals surface area contributed by atoms with E-state index in [1.54, 1.807) is 6.20 Å². The minimum atomic E-state index is -0.491. The van der Waals surface area contributed by atoms with Gasteiger partial charge in [0.05, 0.1) is 0 Å². The highest BCUT2D eigenvalue weighted by molar-refractivity contribution is 5.89. The topological polar surface area (TPSA) is 75.7 Å². The van der Waals surface area contributed by atoms with Gasteiger partial charge in [-0.3, -0.25) is 0 Å². The van der Waals surface area contributed by atoms with Crippen molar-refractivity contribution in [2.24, 2.45) is 0 Å². The van der Waals surface area contributed by atoms with E-state index in [0.717, 1.165) is 42.8 Å². The summed E-state index contributed by atoms with van der Waals surface area (Å²) in [6.07, 6.45) is 5.79. The molecule has 1 aromatic carbocycles. The monoisotopic (exact) mass is 368 g/mol. The van der Waals surface area contributed by atoms with E-state index in [1.165, 1.54) is 0 Å². The van der Waals surface area contributed by atoms with E-state index in [2.05, 4.69) is 15.6 Å². The predicted octanol–water partition coefficient (Wildman–Crippen LogP) is 3.51. The second-order valence-corrected chi connectivity index (χ2v) is 7.21. The Hall–Kier alpha value is -2.96. The van der Waals surface area contributed by atoms with Crippen LogP contribution in [0.5, 0.6) is 11.5 Å². The fraction of sp³-hybridized carbons (Fsp3) is 0.400. The van der Waals surface area contributed by atoms with Crippen molar-refractivity contribution in [1.29, 1.82) is 0 Å². The summed E-state index contributed by atoms with van der Waals surface area (Å²) in [5, 5.41) is 5.71. The molecule has 2 N–H and O–H groups in total. The van der Waals surface area contributed by atoms with E-state index in [9.17, 15) is 4.79 Å². The van der Waals surface area contributed by atoms with Crippen LogP contribution in [0.3, 0.4) is 0 Å². The number of fused-ring (bicyclic) bond motifs is 1.